The van der Waals surface area contributed by atoms with Crippen LogP contribution < -0.4 is 10.5 Å². The Bertz CT molecular complexity index is 616. The van der Waals surface area contributed by atoms with E-state index in [1.54, 1.807) is 6.92 Å². The lowest BCUT2D eigenvalue weighted by Crippen LogP contribution is -2.35. The second-order valence-electron chi connectivity index (χ2n) is 4.46. The van der Waals surface area contributed by atoms with Gasteiger partial charge < -0.3 is 10.1 Å². The van der Waals surface area contributed by atoms with Crippen LogP contribution in [0.4, 0.5) is 4.39 Å². The minimum absolute atomic E-state index is 0.111. The Labute approximate surface area is 117 Å². The number of carbonyl (C=O) groups is 1. The molecule has 1 aromatic carbocycles. The number of methoxy groups -OCH3 is 1. The molecule has 1 amide bonds. The van der Waals surface area contributed by atoms with Gasteiger partial charge in [-0.05, 0) is 26.0 Å². The second kappa shape index (κ2) is 6.29. The fourth-order valence-electron chi connectivity index (χ4n) is 1.68. The summed E-state index contributed by atoms with van der Waals surface area (Å²) in [6.45, 7) is 3.26. The van der Waals surface area contributed by atoms with Crippen molar-refractivity contribution >= 4 is 15.9 Å². The minimum Gasteiger partial charge on any atom is -0.383 e. The summed E-state index contributed by atoms with van der Waals surface area (Å²) in [5, 5.41) is 7.55. The lowest BCUT2D eigenvalue weighted by Gasteiger charge is -2.14. The summed E-state index contributed by atoms with van der Waals surface area (Å²) in [6.07, 6.45) is 0. The standard InChI is InChI=1S/C12H17FN2O4S/c1-7(6-19-3)15-12(16)9-4-10(13)8(2)11(5-9)20(14,17)18/h4-5,7H,6H2,1-3H3,(H,15,16)(H2,14,17,18). The Balaban J connectivity index is 3.15. The number of halogens is 1. The molecule has 0 saturated heterocycles. The number of benzene rings is 1. The van der Waals surface area contributed by atoms with Gasteiger partial charge in [-0.1, -0.05) is 0 Å². The summed E-state index contributed by atoms with van der Waals surface area (Å²) < 4.78 is 41.3. The number of carbonyl (C=O) groups excluding carboxylic acids is 1. The maximum Gasteiger partial charge on any atom is 0.251 e. The number of nitrogens with one attached hydrogen (secondary N) is 1. The maximum atomic E-state index is 13.7. The number of hydrogen-bond acceptors (Lipinski definition) is 4. The molecule has 0 aromatic heterocycles. The molecule has 0 heterocycles. The summed E-state index contributed by atoms with van der Waals surface area (Å²) in [6, 6.07) is 1.73. The van der Waals surface area contributed by atoms with E-state index < -0.39 is 26.6 Å². The van der Waals surface area contributed by atoms with E-state index in [1.165, 1.54) is 14.0 Å². The molecule has 0 aliphatic carbocycles. The first kappa shape index (κ1) is 16.5. The predicted octanol–water partition coefficient (Wildman–Crippen LogP) is 0.546. The summed E-state index contributed by atoms with van der Waals surface area (Å²) >= 11 is 0. The van der Waals surface area contributed by atoms with E-state index in [4.69, 9.17) is 9.88 Å². The molecule has 0 radical (unpaired) electrons. The van der Waals surface area contributed by atoms with Gasteiger partial charge in [0, 0.05) is 24.3 Å². The maximum absolute atomic E-state index is 13.7. The third kappa shape index (κ3) is 3.99. The molecule has 0 aliphatic heterocycles. The highest BCUT2D eigenvalue weighted by molar-refractivity contribution is 7.89. The molecule has 20 heavy (non-hydrogen) atoms. The number of amides is 1. The molecule has 0 aliphatic rings. The molecule has 0 saturated carbocycles. The van der Waals surface area contributed by atoms with Crippen LogP contribution >= 0.6 is 0 Å². The molecular formula is C12H17FN2O4S. The SMILES string of the molecule is COCC(C)NC(=O)c1cc(F)c(C)c(S(N)(=O)=O)c1. The Morgan fingerprint density at radius 3 is 2.60 bits per heavy atom. The van der Waals surface area contributed by atoms with Crippen LogP contribution in [0.3, 0.4) is 0 Å². The van der Waals surface area contributed by atoms with Gasteiger partial charge >= 0.3 is 0 Å². The molecule has 6 nitrogen and oxygen atoms in total. The van der Waals surface area contributed by atoms with Gasteiger partial charge in [0.15, 0.2) is 0 Å². The van der Waals surface area contributed by atoms with Crippen LogP contribution in [-0.4, -0.2) is 34.1 Å². The van der Waals surface area contributed by atoms with Crippen molar-refractivity contribution in [3.05, 3.63) is 29.1 Å². The van der Waals surface area contributed by atoms with E-state index in [1.807, 2.05) is 0 Å². The molecule has 1 rings (SSSR count). The van der Waals surface area contributed by atoms with Crippen LogP contribution in [0.1, 0.15) is 22.8 Å². The van der Waals surface area contributed by atoms with E-state index >= 15 is 0 Å². The molecule has 1 aromatic rings. The van der Waals surface area contributed by atoms with Gasteiger partial charge in [0.2, 0.25) is 10.0 Å². The van der Waals surface area contributed by atoms with Gasteiger partial charge in [-0.15, -0.1) is 0 Å². The van der Waals surface area contributed by atoms with Gasteiger partial charge in [0.1, 0.15) is 5.82 Å². The molecule has 8 heteroatoms. The van der Waals surface area contributed by atoms with Crippen LogP contribution in [0.25, 0.3) is 0 Å². The molecular weight excluding hydrogens is 287 g/mol. The lowest BCUT2D eigenvalue weighted by molar-refractivity contribution is 0.0905. The van der Waals surface area contributed by atoms with Crippen molar-refractivity contribution < 1.29 is 22.3 Å². The third-order valence-corrected chi connectivity index (χ3v) is 3.70. The normalized spacial score (nSPS) is 13.1. The van der Waals surface area contributed by atoms with E-state index in [0.29, 0.717) is 0 Å². The zero-order valence-electron chi connectivity index (χ0n) is 11.4. The van der Waals surface area contributed by atoms with Crippen molar-refractivity contribution in [3.8, 4) is 0 Å². The summed E-state index contributed by atoms with van der Waals surface area (Å²) in [5.74, 6) is -1.40. The largest absolute Gasteiger partial charge is 0.383 e. The van der Waals surface area contributed by atoms with E-state index in [9.17, 15) is 17.6 Å². The second-order valence-corrected chi connectivity index (χ2v) is 5.99. The zero-order valence-corrected chi connectivity index (χ0v) is 12.3. The van der Waals surface area contributed by atoms with Crippen molar-refractivity contribution in [1.82, 2.24) is 5.32 Å². The number of nitrogens with two attached hydrogens (primary N) is 1. The van der Waals surface area contributed by atoms with Gasteiger partial charge in [-0.3, -0.25) is 4.79 Å². The van der Waals surface area contributed by atoms with Gasteiger partial charge in [0.05, 0.1) is 11.5 Å². The number of rotatable bonds is 5. The van der Waals surface area contributed by atoms with E-state index in [-0.39, 0.29) is 23.8 Å². The third-order valence-electron chi connectivity index (χ3n) is 2.66. The first-order chi connectivity index (χ1) is 9.16. The van der Waals surface area contributed by atoms with Crippen molar-refractivity contribution in [2.75, 3.05) is 13.7 Å². The zero-order chi connectivity index (χ0) is 15.5. The van der Waals surface area contributed by atoms with Gasteiger partial charge in [0.25, 0.3) is 5.91 Å². The van der Waals surface area contributed by atoms with Crippen LogP contribution in [0, 0.1) is 12.7 Å². The number of sulfonamides is 1. The lowest BCUT2D eigenvalue weighted by atomic mass is 10.1. The molecule has 1 atom stereocenters. The quantitative estimate of drug-likeness (QED) is 0.829. The van der Waals surface area contributed by atoms with Crippen LogP contribution in [0.15, 0.2) is 17.0 Å². The topological polar surface area (TPSA) is 98.5 Å². The van der Waals surface area contributed by atoms with Gasteiger partial charge in [-0.2, -0.15) is 0 Å². The summed E-state index contributed by atoms with van der Waals surface area (Å²) in [4.78, 5) is 11.5. The first-order valence-corrected chi connectivity index (χ1v) is 7.34. The van der Waals surface area contributed by atoms with Crippen molar-refractivity contribution in [3.63, 3.8) is 0 Å². The number of primary sulfonamides is 1. The number of hydrogen-bond donors (Lipinski definition) is 2. The molecule has 0 spiro atoms. The van der Waals surface area contributed by atoms with Crippen molar-refractivity contribution in [1.29, 1.82) is 0 Å². The van der Waals surface area contributed by atoms with E-state index in [0.717, 1.165) is 12.1 Å². The molecule has 3 N–H and O–H groups in total. The minimum atomic E-state index is -4.10. The average molecular weight is 304 g/mol. The Kier molecular flexibility index (Phi) is 5.21. The van der Waals surface area contributed by atoms with E-state index in [2.05, 4.69) is 5.32 Å². The predicted molar refractivity (Wildman–Crippen MR) is 71.3 cm³/mol. The van der Waals surface area contributed by atoms with Crippen molar-refractivity contribution in [2.24, 2.45) is 5.14 Å². The Hall–Kier alpha value is -1.51. The highest BCUT2D eigenvalue weighted by Crippen LogP contribution is 2.19. The highest BCUT2D eigenvalue weighted by Gasteiger charge is 2.19. The average Bonchev–Trinajstić information content (AvgIpc) is 2.30. The summed E-state index contributed by atoms with van der Waals surface area (Å²) in [5.41, 5.74) is -0.228. The van der Waals surface area contributed by atoms with Crippen LogP contribution in [-0.2, 0) is 14.8 Å². The van der Waals surface area contributed by atoms with Gasteiger partial charge in [-0.25, -0.2) is 17.9 Å². The monoisotopic (exact) mass is 304 g/mol. The first-order valence-electron chi connectivity index (χ1n) is 5.79. The Morgan fingerprint density at radius 2 is 2.10 bits per heavy atom. The number of ether oxygens (including phenoxy) is 1. The molecule has 0 bridgehead atoms. The Morgan fingerprint density at radius 1 is 1.50 bits per heavy atom. The molecule has 112 valence electrons. The smallest absolute Gasteiger partial charge is 0.251 e. The summed E-state index contributed by atoms with van der Waals surface area (Å²) in [7, 11) is -2.62. The highest BCUT2D eigenvalue weighted by atomic mass is 32.2. The van der Waals surface area contributed by atoms with Crippen LogP contribution in [0.2, 0.25) is 0 Å². The van der Waals surface area contributed by atoms with Crippen LogP contribution in [0.5, 0.6) is 0 Å². The molecule has 0 fully saturated rings. The fraction of sp³-hybridized carbons (Fsp3) is 0.417. The fourth-order valence-corrected chi connectivity index (χ4v) is 2.49. The van der Waals surface area contributed by atoms with Crippen molar-refractivity contribution in [2.45, 2.75) is 24.8 Å². The molecule has 1 unspecified atom stereocenters.